The molecule has 3 aliphatic rings. The van der Waals surface area contributed by atoms with Crippen LogP contribution in [0.1, 0.15) is 79.0 Å². The van der Waals surface area contributed by atoms with E-state index in [9.17, 15) is 27.6 Å². The molecule has 2 N–H and O–H groups in total. The van der Waals surface area contributed by atoms with Crippen molar-refractivity contribution in [2.75, 3.05) is 13.1 Å². The van der Waals surface area contributed by atoms with E-state index in [-0.39, 0.29) is 36.5 Å². The van der Waals surface area contributed by atoms with E-state index in [1.165, 1.54) is 16.7 Å². The number of carbonyl (C=O) groups excluding carboxylic acids is 4. The van der Waals surface area contributed by atoms with Crippen LogP contribution in [0.5, 0.6) is 0 Å². The van der Waals surface area contributed by atoms with Crippen molar-refractivity contribution in [1.82, 2.24) is 14.1 Å². The summed E-state index contributed by atoms with van der Waals surface area (Å²) in [6.07, 6.45) is -2.88. The van der Waals surface area contributed by atoms with Crippen LogP contribution in [-0.4, -0.2) is 103 Å². The van der Waals surface area contributed by atoms with Crippen LogP contribution in [0.25, 0.3) is 0 Å². The van der Waals surface area contributed by atoms with Gasteiger partial charge in [-0.2, -0.15) is 12.7 Å². The van der Waals surface area contributed by atoms with Crippen molar-refractivity contribution < 1.29 is 46.2 Å². The summed E-state index contributed by atoms with van der Waals surface area (Å²) in [5.41, 5.74) is -0.285. The smallest absolute Gasteiger partial charge is 0.425 e. The quantitative estimate of drug-likeness (QED) is 0.103. The van der Waals surface area contributed by atoms with Crippen molar-refractivity contribution >= 4 is 54.4 Å². The van der Waals surface area contributed by atoms with E-state index in [0.29, 0.717) is 9.21 Å². The van der Waals surface area contributed by atoms with E-state index in [1.807, 2.05) is 74.5 Å². The van der Waals surface area contributed by atoms with Crippen LogP contribution in [0.2, 0.25) is 19.6 Å². The van der Waals surface area contributed by atoms with Gasteiger partial charge in [0.15, 0.2) is 14.4 Å². The van der Waals surface area contributed by atoms with E-state index in [4.69, 9.17) is 23.8 Å². The van der Waals surface area contributed by atoms with Crippen LogP contribution in [0.3, 0.4) is 0 Å². The third-order valence-electron chi connectivity index (χ3n) is 9.84. The number of thioether (sulfide) groups is 1. The van der Waals surface area contributed by atoms with Crippen LogP contribution >= 0.6 is 11.8 Å². The molecule has 3 aliphatic heterocycles. The first-order chi connectivity index (χ1) is 26.8. The fourth-order valence-corrected chi connectivity index (χ4v) is 11.1. The highest BCUT2D eigenvalue weighted by molar-refractivity contribution is 8.03. The van der Waals surface area contributed by atoms with Gasteiger partial charge in [-0.3, -0.25) is 4.79 Å². The Morgan fingerprint density at radius 2 is 1.47 bits per heavy atom. The molecular formula is C41H58N4O10S2Si. The molecule has 0 saturated carbocycles. The van der Waals surface area contributed by atoms with Crippen LogP contribution in [0, 0.1) is 11.8 Å². The van der Waals surface area contributed by atoms with Gasteiger partial charge in [0.1, 0.15) is 16.9 Å². The Morgan fingerprint density at radius 1 is 0.931 bits per heavy atom. The highest BCUT2D eigenvalue weighted by Gasteiger charge is 2.61. The molecule has 0 unspecified atom stereocenters. The topological polar surface area (TPSA) is 175 Å². The van der Waals surface area contributed by atoms with E-state index in [1.54, 1.807) is 46.4 Å². The number of hydrogen-bond acceptors (Lipinski definition) is 11. The lowest BCUT2D eigenvalue weighted by Gasteiger charge is -2.48. The molecule has 58 heavy (non-hydrogen) atoms. The number of esters is 1. The maximum absolute atomic E-state index is 14.7. The van der Waals surface area contributed by atoms with Crippen molar-refractivity contribution in [1.29, 1.82) is 0 Å². The Bertz CT molecular complexity index is 1960. The molecule has 2 aromatic rings. The van der Waals surface area contributed by atoms with Gasteiger partial charge in [0.25, 0.3) is 0 Å². The summed E-state index contributed by atoms with van der Waals surface area (Å²) in [6.45, 7) is 19.6. The second-order valence-corrected chi connectivity index (χ2v) is 25.4. The fraction of sp³-hybridized carbons (Fsp3) is 0.561. The molecule has 0 aromatic heterocycles. The molecule has 17 heteroatoms. The van der Waals surface area contributed by atoms with Crippen LogP contribution < -0.4 is 5.14 Å². The zero-order valence-corrected chi connectivity index (χ0v) is 37.9. The first-order valence-corrected chi connectivity index (χ1v) is 25.3. The number of nitrogens with zero attached hydrogens (tertiary/aromatic N) is 3. The molecule has 2 saturated heterocycles. The minimum absolute atomic E-state index is 0.0728. The first-order valence-electron chi connectivity index (χ1n) is 19.5. The number of fused-ring (bicyclic) bond motifs is 1. The molecule has 0 spiro atoms. The normalized spacial score (nSPS) is 23.1. The molecule has 0 radical (unpaired) electrons. The van der Waals surface area contributed by atoms with Crippen molar-refractivity contribution in [3.8, 4) is 0 Å². The Balaban J connectivity index is 1.53. The summed E-state index contributed by atoms with van der Waals surface area (Å²) in [4.78, 5) is 59.3. The molecule has 0 aliphatic carbocycles. The molecule has 14 nitrogen and oxygen atoms in total. The van der Waals surface area contributed by atoms with Crippen molar-refractivity contribution in [3.63, 3.8) is 0 Å². The van der Waals surface area contributed by atoms with Gasteiger partial charge in [-0.25, -0.2) is 19.5 Å². The highest BCUT2D eigenvalue weighted by Crippen LogP contribution is 2.53. The molecule has 2 fully saturated rings. The summed E-state index contributed by atoms with van der Waals surface area (Å²) in [6, 6.07) is 17.5. The molecule has 5 rings (SSSR count). The lowest BCUT2D eigenvalue weighted by molar-refractivity contribution is -0.164. The number of rotatable bonds is 12. The van der Waals surface area contributed by atoms with E-state index >= 15 is 0 Å². The Morgan fingerprint density at radius 3 is 1.95 bits per heavy atom. The zero-order valence-electron chi connectivity index (χ0n) is 35.3. The second-order valence-electron chi connectivity index (χ2n) is 18.1. The Hall–Kier alpha value is -3.90. The van der Waals surface area contributed by atoms with Gasteiger partial charge in [-0.15, -0.1) is 11.8 Å². The number of benzene rings is 2. The minimum Gasteiger partial charge on any atom is -0.448 e. The van der Waals surface area contributed by atoms with Crippen LogP contribution in [-0.2, 0) is 38.4 Å². The lowest BCUT2D eigenvalue weighted by atomic mass is 9.79. The second kappa shape index (κ2) is 17.0. The third kappa shape index (κ3) is 10.6. The third-order valence-corrected chi connectivity index (χ3v) is 13.3. The molecular weight excluding hydrogens is 801 g/mol. The van der Waals surface area contributed by atoms with E-state index in [2.05, 4.69) is 19.6 Å². The number of hydrogen-bond donors (Lipinski definition) is 1. The number of amides is 3. The molecule has 2 aromatic carbocycles. The summed E-state index contributed by atoms with van der Waals surface area (Å²) < 4.78 is 49.9. The number of β-lactam (4-membered cyclic amide) rings is 1. The molecule has 0 bridgehead atoms. The number of carbonyl (C=O) groups is 4. The van der Waals surface area contributed by atoms with Crippen molar-refractivity contribution in [2.24, 2.45) is 17.0 Å². The summed E-state index contributed by atoms with van der Waals surface area (Å²) in [5.74, 6) is -1.74. The largest absolute Gasteiger partial charge is 0.448 e. The van der Waals surface area contributed by atoms with Crippen LogP contribution in [0.4, 0.5) is 9.59 Å². The monoisotopic (exact) mass is 858 g/mol. The minimum atomic E-state index is -4.62. The van der Waals surface area contributed by atoms with Gasteiger partial charge in [0.2, 0.25) is 5.91 Å². The molecule has 3 heterocycles. The highest BCUT2D eigenvalue weighted by atomic mass is 32.2. The van der Waals surface area contributed by atoms with Gasteiger partial charge in [-0.1, -0.05) is 67.6 Å². The first kappa shape index (κ1) is 45.2. The number of likely N-dealkylation sites (tertiary alicyclic amines) is 1. The van der Waals surface area contributed by atoms with E-state index in [0.717, 1.165) is 11.1 Å². The van der Waals surface area contributed by atoms with Gasteiger partial charge < -0.3 is 28.4 Å². The van der Waals surface area contributed by atoms with Gasteiger partial charge in [-0.05, 0) is 85.7 Å². The van der Waals surface area contributed by atoms with E-state index < -0.39 is 83.8 Å². The van der Waals surface area contributed by atoms with Gasteiger partial charge >= 0.3 is 28.4 Å². The SMILES string of the molecule is C[C@@H](O[Si](C)(C)C)[C@H]1C(=O)N2C(C(=O)OC(c3ccccc3)c3ccccc3)=C(S[C@H]3C[C@@H](CN(C(=O)OC(C)(C)C)S(N)(=O)=O)N(C(=O)OC(C)(C)C)C3)[C@H](C)[C@H]12. The molecule has 318 valence electrons. The Labute approximate surface area is 348 Å². The Kier molecular flexibility index (Phi) is 13.2. The average Bonchev–Trinajstić information content (AvgIpc) is 3.60. The van der Waals surface area contributed by atoms with Crippen LogP contribution in [0.15, 0.2) is 71.3 Å². The summed E-state index contributed by atoms with van der Waals surface area (Å²) in [7, 11) is -6.68. The molecule has 6 atom stereocenters. The number of nitrogens with two attached hydrogens (primary N) is 1. The average molecular weight is 859 g/mol. The number of ether oxygens (including phenoxy) is 3. The predicted molar refractivity (Wildman–Crippen MR) is 224 cm³/mol. The molecule has 3 amide bonds. The maximum atomic E-state index is 14.7. The zero-order chi connectivity index (χ0) is 43.1. The fourth-order valence-electron chi connectivity index (χ4n) is 7.68. The van der Waals surface area contributed by atoms with Crippen molar-refractivity contribution in [3.05, 3.63) is 82.4 Å². The standard InChI is InChI=1S/C41H58N4O10S2Si/c1-25-32-31(26(2)55-58(9,10)11)36(46)45(32)33(37(47)52-34(27-18-14-12-15-19-27)28-20-16-13-17-21-28)35(25)56-30-22-29(43(24-30)38(48)53-40(3,4)5)23-44(57(42,50)51)39(49)54-41(6,7)8/h12-21,25-26,29-32,34H,22-24H2,1-11H3,(H2,42,50,51)/t25-,26-,29+,30+,31-,32-/m1/s1. The summed E-state index contributed by atoms with van der Waals surface area (Å²) in [5, 5.41) is 5.11. The van der Waals surface area contributed by atoms with Gasteiger partial charge in [0, 0.05) is 22.6 Å². The lowest BCUT2D eigenvalue weighted by Crippen LogP contribution is -2.64. The summed E-state index contributed by atoms with van der Waals surface area (Å²) >= 11 is 1.34. The predicted octanol–water partition coefficient (Wildman–Crippen LogP) is 6.80. The van der Waals surface area contributed by atoms with Gasteiger partial charge in [0.05, 0.1) is 30.7 Å². The maximum Gasteiger partial charge on any atom is 0.425 e. The van der Waals surface area contributed by atoms with Crippen molar-refractivity contribution in [2.45, 2.75) is 122 Å².